The van der Waals surface area contributed by atoms with E-state index in [4.69, 9.17) is 14.7 Å². The monoisotopic (exact) mass is 231 g/mol. The van der Waals surface area contributed by atoms with Crippen molar-refractivity contribution >= 4 is 0 Å². The van der Waals surface area contributed by atoms with Crippen LogP contribution in [-0.2, 0) is 0 Å². The molecule has 0 N–H and O–H groups in total. The van der Waals surface area contributed by atoms with Gasteiger partial charge >= 0.3 is 0 Å². The van der Waals surface area contributed by atoms with Crippen LogP contribution in [0.5, 0.6) is 11.5 Å². The Morgan fingerprint density at radius 3 is 2.94 bits per heavy atom. The Morgan fingerprint density at radius 1 is 1.41 bits per heavy atom. The third-order valence-electron chi connectivity index (χ3n) is 2.76. The second kappa shape index (κ2) is 5.55. The van der Waals surface area contributed by atoms with E-state index in [9.17, 15) is 0 Å². The minimum Gasteiger partial charge on any atom is -0.493 e. The van der Waals surface area contributed by atoms with E-state index in [0.29, 0.717) is 17.1 Å². The Balaban J connectivity index is 2.11. The molecule has 1 fully saturated rings. The fourth-order valence-electron chi connectivity index (χ4n) is 1.87. The summed E-state index contributed by atoms with van der Waals surface area (Å²) >= 11 is 0. The number of methoxy groups -OCH3 is 1. The summed E-state index contributed by atoms with van der Waals surface area (Å²) in [4.78, 5) is 0. The first kappa shape index (κ1) is 11.7. The fourth-order valence-corrected chi connectivity index (χ4v) is 1.87. The first-order chi connectivity index (χ1) is 8.33. The van der Waals surface area contributed by atoms with Gasteiger partial charge in [-0.15, -0.1) is 0 Å². The van der Waals surface area contributed by atoms with Gasteiger partial charge in [-0.2, -0.15) is 5.26 Å². The highest BCUT2D eigenvalue weighted by atomic mass is 16.5. The smallest absolute Gasteiger partial charge is 0.162 e. The lowest BCUT2D eigenvalue weighted by Crippen LogP contribution is -2.33. The molecule has 1 aromatic carbocycles. The van der Waals surface area contributed by atoms with Gasteiger partial charge in [-0.1, -0.05) is 0 Å². The SMILES string of the molecule is COc1cc(C#N)ccc1OC1CCC[N]C1. The Bertz CT molecular complexity index is 420. The lowest BCUT2D eigenvalue weighted by atomic mass is 10.1. The number of ether oxygens (including phenoxy) is 2. The molecule has 1 heterocycles. The van der Waals surface area contributed by atoms with Gasteiger partial charge in [0.05, 0.1) is 25.3 Å². The Morgan fingerprint density at radius 2 is 2.29 bits per heavy atom. The molecule has 2 rings (SSSR count). The van der Waals surface area contributed by atoms with Crippen LogP contribution in [-0.4, -0.2) is 26.3 Å². The lowest BCUT2D eigenvalue weighted by molar-refractivity contribution is 0.159. The molecule has 0 bridgehead atoms. The molecule has 1 radical (unpaired) electrons. The predicted molar refractivity (Wildman–Crippen MR) is 63.2 cm³/mol. The van der Waals surface area contributed by atoms with Crippen LogP contribution >= 0.6 is 0 Å². The first-order valence-corrected chi connectivity index (χ1v) is 5.71. The van der Waals surface area contributed by atoms with E-state index in [1.165, 1.54) is 0 Å². The van der Waals surface area contributed by atoms with Gasteiger partial charge in [-0.25, -0.2) is 5.32 Å². The topological polar surface area (TPSA) is 56.4 Å². The molecule has 17 heavy (non-hydrogen) atoms. The zero-order valence-corrected chi connectivity index (χ0v) is 9.85. The predicted octanol–water partition coefficient (Wildman–Crippen LogP) is 1.71. The maximum Gasteiger partial charge on any atom is 0.162 e. The molecule has 0 amide bonds. The largest absolute Gasteiger partial charge is 0.493 e. The number of rotatable bonds is 3. The molecular formula is C13H15N2O2. The molecule has 1 aromatic rings. The van der Waals surface area contributed by atoms with Crippen molar-refractivity contribution < 1.29 is 9.47 Å². The average Bonchev–Trinajstić information content (AvgIpc) is 2.40. The van der Waals surface area contributed by atoms with E-state index in [1.54, 1.807) is 25.3 Å². The van der Waals surface area contributed by atoms with Crippen molar-refractivity contribution in [2.45, 2.75) is 18.9 Å². The van der Waals surface area contributed by atoms with Crippen molar-refractivity contribution in [3.63, 3.8) is 0 Å². The number of nitriles is 1. The van der Waals surface area contributed by atoms with Crippen molar-refractivity contribution in [3.8, 4) is 17.6 Å². The molecule has 1 aliphatic heterocycles. The zero-order chi connectivity index (χ0) is 12.1. The van der Waals surface area contributed by atoms with Gasteiger partial charge in [0.2, 0.25) is 0 Å². The summed E-state index contributed by atoms with van der Waals surface area (Å²) < 4.78 is 11.1. The quantitative estimate of drug-likeness (QED) is 0.795. The Hall–Kier alpha value is -1.73. The standard InChI is InChI=1S/C13H15N2O2/c1-16-13-7-10(8-14)4-5-12(13)17-11-3-2-6-15-9-11/h4-5,7,11H,2-3,6,9H2,1H3. The molecule has 4 nitrogen and oxygen atoms in total. The third-order valence-corrected chi connectivity index (χ3v) is 2.76. The maximum absolute atomic E-state index is 8.81. The Kier molecular flexibility index (Phi) is 3.84. The number of nitrogens with zero attached hydrogens (tertiary/aromatic N) is 2. The van der Waals surface area contributed by atoms with Gasteiger partial charge in [-0.05, 0) is 25.0 Å². The van der Waals surface area contributed by atoms with Gasteiger partial charge in [0.15, 0.2) is 11.5 Å². The molecule has 1 atom stereocenters. The van der Waals surface area contributed by atoms with Crippen molar-refractivity contribution in [1.29, 1.82) is 5.26 Å². The van der Waals surface area contributed by atoms with E-state index in [-0.39, 0.29) is 6.10 Å². The van der Waals surface area contributed by atoms with E-state index >= 15 is 0 Å². The third kappa shape index (κ3) is 2.89. The number of benzene rings is 1. The van der Waals surface area contributed by atoms with Crippen LogP contribution in [0.2, 0.25) is 0 Å². The molecule has 1 unspecified atom stereocenters. The molecular weight excluding hydrogens is 216 g/mol. The van der Waals surface area contributed by atoms with Crippen molar-refractivity contribution in [3.05, 3.63) is 23.8 Å². The van der Waals surface area contributed by atoms with Crippen LogP contribution in [0.25, 0.3) is 0 Å². The van der Waals surface area contributed by atoms with Crippen LogP contribution in [0.4, 0.5) is 0 Å². The normalized spacial score (nSPS) is 19.4. The minimum absolute atomic E-state index is 0.130. The summed E-state index contributed by atoms with van der Waals surface area (Å²) in [5, 5.41) is 13.1. The van der Waals surface area contributed by atoms with Gasteiger partial charge < -0.3 is 9.47 Å². The minimum atomic E-state index is 0.130. The van der Waals surface area contributed by atoms with Crippen LogP contribution < -0.4 is 14.8 Å². The summed E-state index contributed by atoms with van der Waals surface area (Å²) in [6.07, 6.45) is 2.22. The summed E-state index contributed by atoms with van der Waals surface area (Å²) in [5.41, 5.74) is 0.572. The Labute approximate surface area is 101 Å². The van der Waals surface area contributed by atoms with Crippen LogP contribution in [0.3, 0.4) is 0 Å². The van der Waals surface area contributed by atoms with E-state index in [2.05, 4.69) is 11.4 Å². The molecule has 4 heteroatoms. The highest BCUT2D eigenvalue weighted by Crippen LogP contribution is 2.29. The van der Waals surface area contributed by atoms with E-state index in [1.807, 2.05) is 0 Å². The second-order valence-corrected chi connectivity index (χ2v) is 3.99. The van der Waals surface area contributed by atoms with E-state index < -0.39 is 0 Å². The van der Waals surface area contributed by atoms with Gasteiger partial charge in [0.25, 0.3) is 0 Å². The summed E-state index contributed by atoms with van der Waals surface area (Å²) in [7, 11) is 1.58. The highest BCUT2D eigenvalue weighted by molar-refractivity contribution is 5.46. The number of hydrogen-bond acceptors (Lipinski definition) is 3. The van der Waals surface area contributed by atoms with Crippen molar-refractivity contribution in [2.75, 3.05) is 20.2 Å². The van der Waals surface area contributed by atoms with Crippen LogP contribution in [0, 0.1) is 11.3 Å². The van der Waals surface area contributed by atoms with Crippen LogP contribution in [0.15, 0.2) is 18.2 Å². The molecule has 1 aliphatic rings. The molecule has 0 spiro atoms. The average molecular weight is 231 g/mol. The molecule has 1 saturated heterocycles. The first-order valence-electron chi connectivity index (χ1n) is 5.71. The molecule has 0 aliphatic carbocycles. The van der Waals surface area contributed by atoms with E-state index in [0.717, 1.165) is 25.9 Å². The van der Waals surface area contributed by atoms with Gasteiger partial charge in [0, 0.05) is 12.6 Å². The lowest BCUT2D eigenvalue weighted by Gasteiger charge is -2.23. The van der Waals surface area contributed by atoms with Gasteiger partial charge in [-0.3, -0.25) is 0 Å². The van der Waals surface area contributed by atoms with Gasteiger partial charge in [0.1, 0.15) is 6.10 Å². The van der Waals surface area contributed by atoms with Crippen molar-refractivity contribution in [2.24, 2.45) is 0 Å². The zero-order valence-electron chi connectivity index (χ0n) is 9.85. The van der Waals surface area contributed by atoms with Crippen LogP contribution in [0.1, 0.15) is 18.4 Å². The summed E-state index contributed by atoms with van der Waals surface area (Å²) in [6.45, 7) is 1.67. The van der Waals surface area contributed by atoms with Crippen molar-refractivity contribution in [1.82, 2.24) is 5.32 Å². The molecule has 0 aromatic heterocycles. The maximum atomic E-state index is 8.81. The second-order valence-electron chi connectivity index (χ2n) is 3.99. The highest BCUT2D eigenvalue weighted by Gasteiger charge is 2.17. The number of hydrogen-bond donors (Lipinski definition) is 0. The molecule has 0 saturated carbocycles. The fraction of sp³-hybridized carbons (Fsp3) is 0.462. The number of piperidine rings is 1. The summed E-state index contributed by atoms with van der Waals surface area (Å²) in [5.74, 6) is 1.29. The molecule has 89 valence electrons. The summed E-state index contributed by atoms with van der Waals surface area (Å²) in [6, 6.07) is 7.29.